The number of aliphatic carboxylic acids is 1. The number of hydrogen-bond acceptors (Lipinski definition) is 3. The number of thiophene rings is 1. The first-order valence-electron chi connectivity index (χ1n) is 6.30. The van der Waals surface area contributed by atoms with Crippen LogP contribution in [0.15, 0.2) is 35.7 Å². The Hall–Kier alpha value is -1.85. The molecule has 1 unspecified atom stereocenters. The molecule has 1 heterocycles. The van der Waals surface area contributed by atoms with Crippen LogP contribution in [0, 0.1) is 6.92 Å². The molecule has 2 N–H and O–H groups in total. The summed E-state index contributed by atoms with van der Waals surface area (Å²) in [6, 6.07) is 8.43. The van der Waals surface area contributed by atoms with Gasteiger partial charge in [0.05, 0.1) is 17.5 Å². The molecule has 4 nitrogen and oxygen atoms in total. The van der Waals surface area contributed by atoms with E-state index in [9.17, 15) is 9.59 Å². The molecule has 0 fully saturated rings. The third kappa shape index (κ3) is 3.83. The number of benzene rings is 1. The lowest BCUT2D eigenvalue weighted by Crippen LogP contribution is -2.29. The Balaban J connectivity index is 2.21. The quantitative estimate of drug-likeness (QED) is 0.882. The van der Waals surface area contributed by atoms with E-state index >= 15 is 0 Å². The van der Waals surface area contributed by atoms with Gasteiger partial charge in [0, 0.05) is 0 Å². The van der Waals surface area contributed by atoms with Gasteiger partial charge < -0.3 is 10.4 Å². The highest BCUT2D eigenvalue weighted by Crippen LogP contribution is 2.28. The Labute approximate surface area is 131 Å². The fourth-order valence-corrected chi connectivity index (χ4v) is 3.10. The number of hydrogen-bond donors (Lipinski definition) is 2. The Morgan fingerprint density at radius 1 is 1.33 bits per heavy atom. The van der Waals surface area contributed by atoms with E-state index in [2.05, 4.69) is 5.32 Å². The van der Waals surface area contributed by atoms with E-state index in [1.54, 1.807) is 29.6 Å². The molecule has 0 saturated carbocycles. The molecule has 1 aromatic heterocycles. The number of carboxylic acids is 1. The van der Waals surface area contributed by atoms with Gasteiger partial charge in [-0.15, -0.1) is 11.3 Å². The van der Waals surface area contributed by atoms with Crippen molar-refractivity contribution >= 4 is 34.8 Å². The summed E-state index contributed by atoms with van der Waals surface area (Å²) in [5.41, 5.74) is 1.58. The lowest BCUT2D eigenvalue weighted by Gasteiger charge is -2.17. The molecule has 0 aliphatic heterocycles. The van der Waals surface area contributed by atoms with E-state index < -0.39 is 12.0 Å². The number of carboxylic acid groups (broad SMARTS) is 1. The molecule has 1 atom stereocenters. The molecular formula is C15H14ClNO3S. The molecule has 1 aromatic carbocycles. The number of nitrogens with one attached hydrogen (secondary N) is 1. The van der Waals surface area contributed by atoms with Crippen LogP contribution >= 0.6 is 22.9 Å². The molecule has 0 spiro atoms. The fraction of sp³-hybridized carbons (Fsp3) is 0.200. The minimum atomic E-state index is -0.974. The Kier molecular flexibility index (Phi) is 4.98. The topological polar surface area (TPSA) is 66.4 Å². The van der Waals surface area contributed by atoms with Gasteiger partial charge in [-0.1, -0.05) is 41.9 Å². The SMILES string of the molecule is Cc1csc(C(=O)NC(CC(=O)O)c2ccccc2)c1Cl. The van der Waals surface area contributed by atoms with E-state index in [0.29, 0.717) is 9.90 Å². The predicted octanol–water partition coefficient (Wildman–Crippen LogP) is 3.66. The maximum Gasteiger partial charge on any atom is 0.305 e. The Morgan fingerprint density at radius 3 is 2.52 bits per heavy atom. The number of rotatable bonds is 5. The number of amides is 1. The van der Waals surface area contributed by atoms with Gasteiger partial charge in [-0.3, -0.25) is 9.59 Å². The monoisotopic (exact) mass is 323 g/mol. The van der Waals surface area contributed by atoms with Crippen molar-refractivity contribution in [3.8, 4) is 0 Å². The zero-order valence-corrected chi connectivity index (χ0v) is 12.9. The highest BCUT2D eigenvalue weighted by molar-refractivity contribution is 7.13. The van der Waals surface area contributed by atoms with Crippen molar-refractivity contribution in [2.45, 2.75) is 19.4 Å². The van der Waals surface area contributed by atoms with Crippen LogP contribution in [0.4, 0.5) is 0 Å². The summed E-state index contributed by atoms with van der Waals surface area (Å²) < 4.78 is 0. The van der Waals surface area contributed by atoms with Crippen LogP contribution in [0.5, 0.6) is 0 Å². The predicted molar refractivity (Wildman–Crippen MR) is 83.0 cm³/mol. The Morgan fingerprint density at radius 2 is 2.00 bits per heavy atom. The lowest BCUT2D eigenvalue weighted by molar-refractivity contribution is -0.137. The second-order valence-electron chi connectivity index (χ2n) is 4.60. The standard InChI is InChI=1S/C15H14ClNO3S/c1-9-8-21-14(13(9)16)15(20)17-11(7-12(18)19)10-5-3-2-4-6-10/h2-6,8,11H,7H2,1H3,(H,17,20)(H,18,19). The Bertz CT molecular complexity index is 654. The highest BCUT2D eigenvalue weighted by Gasteiger charge is 2.21. The second-order valence-corrected chi connectivity index (χ2v) is 5.85. The first kappa shape index (κ1) is 15.5. The zero-order chi connectivity index (χ0) is 15.4. The molecule has 1 amide bonds. The van der Waals surface area contributed by atoms with Crippen LogP contribution in [-0.2, 0) is 4.79 Å². The highest BCUT2D eigenvalue weighted by atomic mass is 35.5. The van der Waals surface area contributed by atoms with E-state index in [0.717, 1.165) is 11.1 Å². The first-order valence-corrected chi connectivity index (χ1v) is 7.56. The summed E-state index contributed by atoms with van der Waals surface area (Å²) in [6.45, 7) is 1.82. The third-order valence-corrected chi connectivity index (χ3v) is 4.69. The van der Waals surface area contributed by atoms with Gasteiger partial charge in [-0.05, 0) is 23.4 Å². The molecule has 21 heavy (non-hydrogen) atoms. The van der Waals surface area contributed by atoms with Gasteiger partial charge in [0.25, 0.3) is 5.91 Å². The van der Waals surface area contributed by atoms with E-state index in [1.807, 2.05) is 13.0 Å². The van der Waals surface area contributed by atoms with Crippen LogP contribution < -0.4 is 5.32 Å². The summed E-state index contributed by atoms with van der Waals surface area (Å²) in [6.07, 6.45) is -0.183. The van der Waals surface area contributed by atoms with Crippen LogP contribution in [0.3, 0.4) is 0 Å². The molecule has 0 aliphatic rings. The minimum Gasteiger partial charge on any atom is -0.481 e. The average molecular weight is 324 g/mol. The summed E-state index contributed by atoms with van der Waals surface area (Å²) in [4.78, 5) is 23.7. The molecule has 0 saturated heterocycles. The molecule has 0 bridgehead atoms. The number of carbonyl (C=O) groups excluding carboxylic acids is 1. The molecule has 6 heteroatoms. The van der Waals surface area contributed by atoms with E-state index in [1.165, 1.54) is 11.3 Å². The van der Waals surface area contributed by atoms with Crippen molar-refractivity contribution < 1.29 is 14.7 Å². The maximum absolute atomic E-state index is 12.3. The normalized spacial score (nSPS) is 11.9. The van der Waals surface area contributed by atoms with Gasteiger partial charge in [0.1, 0.15) is 4.88 Å². The van der Waals surface area contributed by atoms with E-state index in [4.69, 9.17) is 16.7 Å². The van der Waals surface area contributed by atoms with Gasteiger partial charge >= 0.3 is 5.97 Å². The number of halogens is 1. The number of aryl methyl sites for hydroxylation is 1. The molecule has 2 aromatic rings. The van der Waals surface area contributed by atoms with Crippen molar-refractivity contribution in [3.05, 3.63) is 56.7 Å². The number of carbonyl (C=O) groups is 2. The molecule has 2 rings (SSSR count). The van der Waals surface area contributed by atoms with Crippen LogP contribution in [0.25, 0.3) is 0 Å². The second kappa shape index (κ2) is 6.74. The summed E-state index contributed by atoms with van der Waals surface area (Å²) >= 11 is 7.32. The van der Waals surface area contributed by atoms with Crippen LogP contribution in [0.1, 0.15) is 33.3 Å². The van der Waals surface area contributed by atoms with Gasteiger partial charge in [-0.2, -0.15) is 0 Å². The van der Waals surface area contributed by atoms with Gasteiger partial charge in [0.2, 0.25) is 0 Å². The molecule has 0 aliphatic carbocycles. The lowest BCUT2D eigenvalue weighted by atomic mass is 10.0. The van der Waals surface area contributed by atoms with E-state index in [-0.39, 0.29) is 12.3 Å². The minimum absolute atomic E-state index is 0.183. The smallest absolute Gasteiger partial charge is 0.305 e. The van der Waals surface area contributed by atoms with Gasteiger partial charge in [-0.25, -0.2) is 0 Å². The first-order chi connectivity index (χ1) is 9.99. The summed E-state index contributed by atoms with van der Waals surface area (Å²) in [5.74, 6) is -1.33. The maximum atomic E-state index is 12.3. The third-order valence-electron chi connectivity index (χ3n) is 2.99. The van der Waals surface area contributed by atoms with Crippen molar-refractivity contribution in [1.29, 1.82) is 0 Å². The van der Waals surface area contributed by atoms with Crippen molar-refractivity contribution in [2.24, 2.45) is 0 Å². The zero-order valence-electron chi connectivity index (χ0n) is 11.3. The largest absolute Gasteiger partial charge is 0.481 e. The fourth-order valence-electron chi connectivity index (χ4n) is 1.92. The van der Waals surface area contributed by atoms with Crippen molar-refractivity contribution in [3.63, 3.8) is 0 Å². The van der Waals surface area contributed by atoms with Crippen LogP contribution in [-0.4, -0.2) is 17.0 Å². The summed E-state index contributed by atoms with van der Waals surface area (Å²) in [5, 5.41) is 14.0. The van der Waals surface area contributed by atoms with Crippen LogP contribution in [0.2, 0.25) is 5.02 Å². The average Bonchev–Trinajstić information content (AvgIpc) is 2.79. The molecular weight excluding hydrogens is 310 g/mol. The van der Waals surface area contributed by atoms with Crippen molar-refractivity contribution in [2.75, 3.05) is 0 Å². The molecule has 110 valence electrons. The van der Waals surface area contributed by atoms with Crippen molar-refractivity contribution in [1.82, 2.24) is 5.32 Å². The molecule has 0 radical (unpaired) electrons. The van der Waals surface area contributed by atoms with Gasteiger partial charge in [0.15, 0.2) is 0 Å². The summed E-state index contributed by atoms with van der Waals surface area (Å²) in [7, 11) is 0.